The number of carbonyl (C=O) groups is 1. The van der Waals surface area contributed by atoms with Gasteiger partial charge in [0.2, 0.25) is 0 Å². The number of hydrogen-bond acceptors (Lipinski definition) is 6. The van der Waals surface area contributed by atoms with Gasteiger partial charge < -0.3 is 30.7 Å². The minimum atomic E-state index is -0.920. The lowest BCUT2D eigenvalue weighted by atomic mass is 9.94. The fraction of sp³-hybridized carbons (Fsp3) is 0.381. The number of phenols is 2. The number of phenolic OH excluding ortho intramolecular Hbond substituents is 2. The topological polar surface area (TPSA) is 111 Å². The number of ether oxygens (including phenoxy) is 1. The van der Waals surface area contributed by atoms with E-state index in [-0.39, 0.29) is 48.5 Å². The number of aliphatic hydroxyl groups is 1. The Labute approximate surface area is 176 Å². The molecule has 1 aliphatic heterocycles. The molecule has 158 valence electrons. The molecule has 8 heteroatoms. The molecule has 0 radical (unpaired) electrons. The smallest absolute Gasteiger partial charge is 0.262 e. The van der Waals surface area contributed by atoms with Crippen molar-refractivity contribution in [3.63, 3.8) is 0 Å². The summed E-state index contributed by atoms with van der Waals surface area (Å²) in [7, 11) is 0. The molecule has 2 aromatic rings. The number of benzene rings is 2. The number of hydrogen-bond donors (Lipinski definition) is 5. The van der Waals surface area contributed by atoms with Gasteiger partial charge in [0.15, 0.2) is 6.61 Å². The number of aryl methyl sites for hydroxylation is 1. The highest BCUT2D eigenvalue weighted by molar-refractivity contribution is 5.96. The number of aliphatic hydroxyl groups excluding tert-OH is 1. The van der Waals surface area contributed by atoms with Crippen molar-refractivity contribution in [3.8, 4) is 17.2 Å². The Hall–Kier alpha value is -2.48. The number of carbonyl (C=O) groups excluding carboxylic acids is 1. The number of fused-ring (bicyclic) bond motifs is 1. The Kier molecular flexibility index (Phi) is 7.35. The first-order chi connectivity index (χ1) is 13.2. The first-order valence-electron chi connectivity index (χ1n) is 9.24. The average Bonchev–Trinajstić information content (AvgIpc) is 2.64. The van der Waals surface area contributed by atoms with Crippen LogP contribution in [0.25, 0.3) is 0 Å². The summed E-state index contributed by atoms with van der Waals surface area (Å²) in [4.78, 5) is 11.5. The van der Waals surface area contributed by atoms with Crippen LogP contribution < -0.4 is 15.4 Å². The van der Waals surface area contributed by atoms with Crippen LogP contribution in [0.15, 0.2) is 36.4 Å². The van der Waals surface area contributed by atoms with Gasteiger partial charge in [-0.2, -0.15) is 0 Å². The molecule has 29 heavy (non-hydrogen) atoms. The van der Waals surface area contributed by atoms with Crippen LogP contribution in [0, 0.1) is 0 Å². The number of anilines is 1. The summed E-state index contributed by atoms with van der Waals surface area (Å²) in [6.07, 6.45) is 0.658. The number of nitrogens with one attached hydrogen (secondary N) is 2. The SMILES string of the molecule is CC(C)(CCc1cccc(O)c1)NCC(O)c1cc(O)cc2c1OCC(=O)N2.Cl. The Bertz CT molecular complexity index is 872. The van der Waals surface area contributed by atoms with E-state index < -0.39 is 6.10 Å². The second-order valence-corrected chi connectivity index (χ2v) is 7.70. The molecule has 0 bridgehead atoms. The molecule has 0 aromatic heterocycles. The fourth-order valence-electron chi connectivity index (χ4n) is 3.20. The maximum Gasteiger partial charge on any atom is 0.262 e. The molecule has 0 fully saturated rings. The van der Waals surface area contributed by atoms with Crippen LogP contribution in [0.2, 0.25) is 0 Å². The first kappa shape index (κ1) is 22.8. The van der Waals surface area contributed by atoms with Gasteiger partial charge in [0.05, 0.1) is 11.8 Å². The molecule has 0 saturated heterocycles. The van der Waals surface area contributed by atoms with E-state index in [1.54, 1.807) is 12.1 Å². The third-order valence-electron chi connectivity index (χ3n) is 4.81. The summed E-state index contributed by atoms with van der Waals surface area (Å²) in [5.41, 5.74) is 1.56. The normalized spacial score (nSPS) is 14.2. The van der Waals surface area contributed by atoms with Crippen molar-refractivity contribution in [1.29, 1.82) is 0 Å². The predicted molar refractivity (Wildman–Crippen MR) is 113 cm³/mol. The van der Waals surface area contributed by atoms with Crippen LogP contribution in [0.4, 0.5) is 5.69 Å². The van der Waals surface area contributed by atoms with Crippen LogP contribution in [-0.4, -0.2) is 39.9 Å². The van der Waals surface area contributed by atoms with Gasteiger partial charge in [0, 0.05) is 23.7 Å². The van der Waals surface area contributed by atoms with Gasteiger partial charge in [-0.15, -0.1) is 12.4 Å². The van der Waals surface area contributed by atoms with Crippen LogP contribution in [0.1, 0.15) is 37.5 Å². The Morgan fingerprint density at radius 2 is 1.97 bits per heavy atom. The summed E-state index contributed by atoms with van der Waals surface area (Å²) in [5.74, 6) is 0.273. The van der Waals surface area contributed by atoms with Gasteiger partial charge in [-0.05, 0) is 50.5 Å². The summed E-state index contributed by atoms with van der Waals surface area (Å²) in [6.45, 7) is 4.20. The zero-order chi connectivity index (χ0) is 20.3. The van der Waals surface area contributed by atoms with Crippen molar-refractivity contribution < 1.29 is 24.9 Å². The molecule has 5 N–H and O–H groups in total. The van der Waals surface area contributed by atoms with Gasteiger partial charge in [-0.25, -0.2) is 0 Å². The van der Waals surface area contributed by atoms with Crippen LogP contribution >= 0.6 is 12.4 Å². The molecule has 0 spiro atoms. The number of amides is 1. The molecular formula is C21H27ClN2O5. The molecule has 1 unspecified atom stereocenters. The molecule has 1 atom stereocenters. The quantitative estimate of drug-likeness (QED) is 0.469. The van der Waals surface area contributed by atoms with Crippen molar-refractivity contribution >= 4 is 24.0 Å². The van der Waals surface area contributed by atoms with E-state index >= 15 is 0 Å². The van der Waals surface area contributed by atoms with E-state index in [2.05, 4.69) is 10.6 Å². The molecule has 7 nitrogen and oxygen atoms in total. The van der Waals surface area contributed by atoms with Gasteiger partial charge in [-0.3, -0.25) is 4.79 Å². The van der Waals surface area contributed by atoms with Crippen molar-refractivity contribution in [2.24, 2.45) is 0 Å². The summed E-state index contributed by atoms with van der Waals surface area (Å²) >= 11 is 0. The van der Waals surface area contributed by atoms with Crippen LogP contribution in [0.5, 0.6) is 17.2 Å². The van der Waals surface area contributed by atoms with Crippen LogP contribution in [-0.2, 0) is 11.2 Å². The van der Waals surface area contributed by atoms with E-state index in [1.165, 1.54) is 12.1 Å². The van der Waals surface area contributed by atoms with Gasteiger partial charge >= 0.3 is 0 Å². The Morgan fingerprint density at radius 3 is 2.69 bits per heavy atom. The number of halogens is 1. The van der Waals surface area contributed by atoms with Crippen molar-refractivity contribution in [3.05, 3.63) is 47.5 Å². The minimum Gasteiger partial charge on any atom is -0.508 e. The third kappa shape index (κ3) is 6.00. The van der Waals surface area contributed by atoms with Gasteiger partial charge in [-0.1, -0.05) is 12.1 Å². The zero-order valence-corrected chi connectivity index (χ0v) is 17.3. The van der Waals surface area contributed by atoms with E-state index in [4.69, 9.17) is 4.74 Å². The molecule has 0 saturated carbocycles. The fourth-order valence-corrected chi connectivity index (χ4v) is 3.20. The second-order valence-electron chi connectivity index (χ2n) is 7.70. The number of rotatable bonds is 7. The molecule has 2 aromatic carbocycles. The molecule has 3 rings (SSSR count). The average molecular weight is 423 g/mol. The molecule has 1 aliphatic rings. The lowest BCUT2D eigenvalue weighted by molar-refractivity contribution is -0.118. The van der Waals surface area contributed by atoms with Gasteiger partial charge in [0.1, 0.15) is 17.2 Å². The molecule has 0 aliphatic carbocycles. The minimum absolute atomic E-state index is 0. The van der Waals surface area contributed by atoms with Crippen molar-refractivity contribution in [1.82, 2.24) is 5.32 Å². The lowest BCUT2D eigenvalue weighted by Gasteiger charge is -2.29. The molecule has 1 heterocycles. The Morgan fingerprint density at radius 1 is 1.21 bits per heavy atom. The standard InChI is InChI=1S/C21H26N2O5.ClH/c1-21(2,7-6-13-4-3-5-14(24)8-13)22-11-18(26)16-9-15(25)10-17-20(16)28-12-19(27)23-17;/h3-5,8-10,18,22,24-26H,6-7,11-12H2,1-2H3,(H,23,27);1H. The number of β-amino-alcohol motifs (C(OH)–C–C–N with tert-alkyl or cyclic N) is 1. The van der Waals surface area contributed by atoms with Crippen molar-refractivity contribution in [2.45, 2.75) is 38.3 Å². The highest BCUT2D eigenvalue weighted by Crippen LogP contribution is 2.38. The molecule has 1 amide bonds. The van der Waals surface area contributed by atoms with Crippen molar-refractivity contribution in [2.75, 3.05) is 18.5 Å². The summed E-state index contributed by atoms with van der Waals surface area (Å²) in [5, 5.41) is 36.1. The van der Waals surface area contributed by atoms with E-state index in [1.807, 2.05) is 26.0 Å². The lowest BCUT2D eigenvalue weighted by Crippen LogP contribution is -2.42. The largest absolute Gasteiger partial charge is 0.508 e. The monoisotopic (exact) mass is 422 g/mol. The maximum absolute atomic E-state index is 11.5. The maximum atomic E-state index is 11.5. The second kappa shape index (κ2) is 9.35. The molecular weight excluding hydrogens is 396 g/mol. The number of aromatic hydroxyl groups is 2. The first-order valence-corrected chi connectivity index (χ1v) is 9.24. The van der Waals surface area contributed by atoms with Gasteiger partial charge in [0.25, 0.3) is 5.91 Å². The van der Waals surface area contributed by atoms with E-state index in [9.17, 15) is 20.1 Å². The third-order valence-corrected chi connectivity index (χ3v) is 4.81. The van der Waals surface area contributed by atoms with Crippen LogP contribution in [0.3, 0.4) is 0 Å². The highest BCUT2D eigenvalue weighted by Gasteiger charge is 2.26. The van der Waals surface area contributed by atoms with E-state index in [0.717, 1.165) is 18.4 Å². The zero-order valence-electron chi connectivity index (χ0n) is 16.4. The highest BCUT2D eigenvalue weighted by atomic mass is 35.5. The van der Waals surface area contributed by atoms with E-state index in [0.29, 0.717) is 17.0 Å². The Balaban J connectivity index is 0.00000300. The summed E-state index contributed by atoms with van der Waals surface area (Å²) in [6, 6.07) is 10.0. The predicted octanol–water partition coefficient (Wildman–Crippen LogP) is 2.88. The summed E-state index contributed by atoms with van der Waals surface area (Å²) < 4.78 is 5.46.